The Kier molecular flexibility index (Phi) is 4.45. The standard InChI is InChI=1S/C19H21N7O/c1-14-21-8-9-26(14)18-7-6-17(22-23-18)24-10-12-25(13-11-24)19(27)15-4-2-3-5-16(15)20/h2-9H,10-13,20H2,1H3. The summed E-state index contributed by atoms with van der Waals surface area (Å²) in [6.07, 6.45) is 3.60. The number of aryl methyl sites for hydroxylation is 1. The second kappa shape index (κ2) is 7.06. The number of benzene rings is 1. The minimum atomic E-state index is -0.0234. The molecule has 1 amide bonds. The van der Waals surface area contributed by atoms with E-state index in [1.54, 1.807) is 18.3 Å². The summed E-state index contributed by atoms with van der Waals surface area (Å²) in [7, 11) is 0. The molecule has 8 heteroatoms. The molecule has 0 unspecified atom stereocenters. The Morgan fingerprint density at radius 2 is 1.70 bits per heavy atom. The van der Waals surface area contributed by atoms with Gasteiger partial charge >= 0.3 is 0 Å². The van der Waals surface area contributed by atoms with Crippen LogP contribution in [-0.4, -0.2) is 56.7 Å². The zero-order valence-corrected chi connectivity index (χ0v) is 15.1. The number of amides is 1. The second-order valence-corrected chi connectivity index (χ2v) is 6.46. The maximum atomic E-state index is 12.7. The second-order valence-electron chi connectivity index (χ2n) is 6.46. The quantitative estimate of drug-likeness (QED) is 0.709. The fourth-order valence-electron chi connectivity index (χ4n) is 3.24. The molecular formula is C19H21N7O. The predicted molar refractivity (Wildman–Crippen MR) is 103 cm³/mol. The summed E-state index contributed by atoms with van der Waals surface area (Å²) < 4.78 is 1.89. The minimum absolute atomic E-state index is 0.0234. The van der Waals surface area contributed by atoms with Crippen molar-refractivity contribution < 1.29 is 4.79 Å². The molecule has 1 fully saturated rings. The van der Waals surface area contributed by atoms with Crippen LogP contribution in [-0.2, 0) is 0 Å². The van der Waals surface area contributed by atoms with E-state index >= 15 is 0 Å². The largest absolute Gasteiger partial charge is 0.398 e. The number of piperazine rings is 1. The third-order valence-corrected chi connectivity index (χ3v) is 4.79. The van der Waals surface area contributed by atoms with E-state index in [0.717, 1.165) is 17.5 Å². The van der Waals surface area contributed by atoms with E-state index in [2.05, 4.69) is 20.1 Å². The number of carbonyl (C=O) groups excluding carboxylic acids is 1. The number of hydrogen-bond acceptors (Lipinski definition) is 6. The Bertz CT molecular complexity index is 943. The summed E-state index contributed by atoms with van der Waals surface area (Å²) in [4.78, 5) is 20.8. The fraction of sp³-hybridized carbons (Fsp3) is 0.263. The van der Waals surface area contributed by atoms with Gasteiger partial charge in [-0.3, -0.25) is 9.36 Å². The molecular weight excluding hydrogens is 342 g/mol. The lowest BCUT2D eigenvalue weighted by Crippen LogP contribution is -2.49. The van der Waals surface area contributed by atoms with Gasteiger partial charge in [-0.05, 0) is 31.2 Å². The van der Waals surface area contributed by atoms with Crippen LogP contribution < -0.4 is 10.6 Å². The monoisotopic (exact) mass is 363 g/mol. The van der Waals surface area contributed by atoms with Gasteiger partial charge in [0.15, 0.2) is 11.6 Å². The number of imidazole rings is 1. The van der Waals surface area contributed by atoms with Gasteiger partial charge in [0.2, 0.25) is 0 Å². The SMILES string of the molecule is Cc1nccn1-c1ccc(N2CCN(C(=O)c3ccccc3N)CC2)nn1. The molecule has 1 saturated heterocycles. The molecule has 0 aliphatic carbocycles. The Balaban J connectivity index is 1.41. The minimum Gasteiger partial charge on any atom is -0.398 e. The third kappa shape index (κ3) is 3.33. The Hall–Kier alpha value is -3.42. The molecule has 1 aliphatic heterocycles. The number of hydrogen-bond donors (Lipinski definition) is 1. The molecule has 0 spiro atoms. The molecule has 0 radical (unpaired) electrons. The number of carbonyl (C=O) groups is 1. The fourth-order valence-corrected chi connectivity index (χ4v) is 3.24. The van der Waals surface area contributed by atoms with E-state index in [0.29, 0.717) is 37.4 Å². The zero-order valence-electron chi connectivity index (χ0n) is 15.1. The highest BCUT2D eigenvalue weighted by Crippen LogP contribution is 2.18. The van der Waals surface area contributed by atoms with Crippen molar-refractivity contribution in [2.75, 3.05) is 36.8 Å². The first-order valence-electron chi connectivity index (χ1n) is 8.86. The number of aromatic nitrogens is 4. The Morgan fingerprint density at radius 3 is 2.33 bits per heavy atom. The molecule has 3 heterocycles. The lowest BCUT2D eigenvalue weighted by molar-refractivity contribution is 0.0747. The molecule has 8 nitrogen and oxygen atoms in total. The van der Waals surface area contributed by atoms with E-state index in [4.69, 9.17) is 5.73 Å². The van der Waals surface area contributed by atoms with Crippen molar-refractivity contribution in [2.24, 2.45) is 0 Å². The van der Waals surface area contributed by atoms with Gasteiger partial charge in [-0.25, -0.2) is 4.98 Å². The van der Waals surface area contributed by atoms with Crippen molar-refractivity contribution in [3.8, 4) is 5.82 Å². The Morgan fingerprint density at radius 1 is 1.00 bits per heavy atom. The molecule has 2 N–H and O–H groups in total. The molecule has 0 saturated carbocycles. The lowest BCUT2D eigenvalue weighted by atomic mass is 10.1. The maximum Gasteiger partial charge on any atom is 0.256 e. The highest BCUT2D eigenvalue weighted by atomic mass is 16.2. The van der Waals surface area contributed by atoms with E-state index < -0.39 is 0 Å². The molecule has 0 bridgehead atoms. The van der Waals surface area contributed by atoms with Gasteiger partial charge in [0.25, 0.3) is 5.91 Å². The summed E-state index contributed by atoms with van der Waals surface area (Å²) in [6, 6.07) is 11.1. The number of anilines is 2. The number of para-hydroxylation sites is 1. The third-order valence-electron chi connectivity index (χ3n) is 4.79. The molecule has 2 aromatic heterocycles. The van der Waals surface area contributed by atoms with Crippen LogP contribution in [0.3, 0.4) is 0 Å². The van der Waals surface area contributed by atoms with Crippen LogP contribution in [0.25, 0.3) is 5.82 Å². The smallest absolute Gasteiger partial charge is 0.256 e. The number of nitrogen functional groups attached to an aromatic ring is 1. The van der Waals surface area contributed by atoms with Gasteiger partial charge in [0, 0.05) is 44.3 Å². The maximum absolute atomic E-state index is 12.7. The van der Waals surface area contributed by atoms with Gasteiger partial charge in [-0.1, -0.05) is 12.1 Å². The van der Waals surface area contributed by atoms with Crippen LogP contribution in [0, 0.1) is 6.92 Å². The van der Waals surface area contributed by atoms with Gasteiger partial charge in [0.05, 0.1) is 5.56 Å². The Labute approximate surface area is 157 Å². The first kappa shape index (κ1) is 17.0. The molecule has 27 heavy (non-hydrogen) atoms. The first-order valence-corrected chi connectivity index (χ1v) is 8.86. The molecule has 3 aromatic rings. The van der Waals surface area contributed by atoms with Crippen LogP contribution in [0.5, 0.6) is 0 Å². The van der Waals surface area contributed by atoms with Gasteiger partial charge < -0.3 is 15.5 Å². The highest BCUT2D eigenvalue weighted by molar-refractivity contribution is 5.99. The van der Waals surface area contributed by atoms with Crippen LogP contribution in [0.2, 0.25) is 0 Å². The van der Waals surface area contributed by atoms with Gasteiger partial charge in [-0.15, -0.1) is 10.2 Å². The van der Waals surface area contributed by atoms with Crippen LogP contribution in [0.4, 0.5) is 11.5 Å². The first-order chi connectivity index (χ1) is 13.1. The summed E-state index contributed by atoms with van der Waals surface area (Å²) in [5.74, 6) is 2.39. The topological polar surface area (TPSA) is 93.2 Å². The lowest BCUT2D eigenvalue weighted by Gasteiger charge is -2.35. The van der Waals surface area contributed by atoms with Crippen molar-refractivity contribution in [3.63, 3.8) is 0 Å². The van der Waals surface area contributed by atoms with Crippen molar-refractivity contribution in [1.82, 2.24) is 24.6 Å². The molecule has 1 aromatic carbocycles. The van der Waals surface area contributed by atoms with Crippen molar-refractivity contribution in [2.45, 2.75) is 6.92 Å². The summed E-state index contributed by atoms with van der Waals surface area (Å²) in [6.45, 7) is 4.58. The average molecular weight is 363 g/mol. The van der Waals surface area contributed by atoms with Crippen LogP contribution in [0.1, 0.15) is 16.2 Å². The summed E-state index contributed by atoms with van der Waals surface area (Å²) in [5.41, 5.74) is 7.00. The van der Waals surface area contributed by atoms with Crippen LogP contribution >= 0.6 is 0 Å². The predicted octanol–water partition coefficient (Wildman–Crippen LogP) is 1.52. The normalized spacial score (nSPS) is 14.4. The zero-order chi connectivity index (χ0) is 18.8. The van der Waals surface area contributed by atoms with Crippen molar-refractivity contribution in [1.29, 1.82) is 0 Å². The molecule has 1 aliphatic rings. The molecule has 4 rings (SSSR count). The number of nitrogens with two attached hydrogens (primary N) is 1. The summed E-state index contributed by atoms with van der Waals surface area (Å²) >= 11 is 0. The van der Waals surface area contributed by atoms with Crippen molar-refractivity contribution in [3.05, 3.63) is 60.2 Å². The van der Waals surface area contributed by atoms with Crippen LogP contribution in [0.15, 0.2) is 48.8 Å². The number of rotatable bonds is 3. The van der Waals surface area contributed by atoms with E-state index in [9.17, 15) is 4.79 Å². The van der Waals surface area contributed by atoms with Gasteiger partial charge in [0.1, 0.15) is 5.82 Å². The number of nitrogens with zero attached hydrogens (tertiary/aromatic N) is 6. The van der Waals surface area contributed by atoms with E-state index in [1.165, 1.54) is 0 Å². The summed E-state index contributed by atoms with van der Waals surface area (Å²) in [5, 5.41) is 8.65. The van der Waals surface area contributed by atoms with E-state index in [1.807, 2.05) is 46.9 Å². The average Bonchev–Trinajstić information content (AvgIpc) is 3.14. The van der Waals surface area contributed by atoms with Crippen molar-refractivity contribution >= 4 is 17.4 Å². The molecule has 138 valence electrons. The highest BCUT2D eigenvalue weighted by Gasteiger charge is 2.24. The molecule has 0 atom stereocenters. The van der Waals surface area contributed by atoms with Gasteiger partial charge in [-0.2, -0.15) is 0 Å². The van der Waals surface area contributed by atoms with E-state index in [-0.39, 0.29) is 5.91 Å².